The van der Waals surface area contributed by atoms with Gasteiger partial charge in [0.1, 0.15) is 0 Å². The first-order chi connectivity index (χ1) is 13.5. The van der Waals surface area contributed by atoms with Crippen molar-refractivity contribution in [2.75, 3.05) is 6.54 Å². The molecule has 1 aromatic carbocycles. The Balaban J connectivity index is 1.56. The van der Waals surface area contributed by atoms with Gasteiger partial charge in [0.25, 0.3) is 11.2 Å². The highest BCUT2D eigenvalue weighted by Gasteiger charge is 2.23. The highest BCUT2D eigenvalue weighted by molar-refractivity contribution is 5.47. The van der Waals surface area contributed by atoms with Gasteiger partial charge >= 0.3 is 0 Å². The second kappa shape index (κ2) is 7.40. The lowest BCUT2D eigenvalue weighted by atomic mass is 10.0. The van der Waals surface area contributed by atoms with Crippen LogP contribution in [0.15, 0.2) is 45.8 Å². The third-order valence-corrected chi connectivity index (χ3v) is 5.04. The van der Waals surface area contributed by atoms with Crippen LogP contribution in [-0.4, -0.2) is 26.3 Å². The number of H-pyrrole nitrogens is 1. The minimum absolute atomic E-state index is 0.153. The molecule has 1 aliphatic rings. The van der Waals surface area contributed by atoms with Crippen molar-refractivity contribution in [2.24, 2.45) is 0 Å². The Hall–Kier alpha value is -3.26. The molecule has 2 aromatic heterocycles. The largest absolute Gasteiger partial charge is 0.461 e. The number of aryl methyl sites for hydroxylation is 1. The number of hydrogen-bond donors (Lipinski definition) is 1. The molecule has 8 nitrogen and oxygen atoms in total. The van der Waals surface area contributed by atoms with Gasteiger partial charge in [0, 0.05) is 37.7 Å². The van der Waals surface area contributed by atoms with Crippen LogP contribution in [-0.2, 0) is 25.9 Å². The Morgan fingerprint density at radius 3 is 2.93 bits per heavy atom. The van der Waals surface area contributed by atoms with E-state index in [1.807, 2.05) is 19.1 Å². The number of nitro benzene ring substituents is 1. The van der Waals surface area contributed by atoms with E-state index in [2.05, 4.69) is 14.9 Å². The molecule has 28 heavy (non-hydrogen) atoms. The molecular weight excluding hydrogens is 360 g/mol. The Kier molecular flexibility index (Phi) is 4.79. The van der Waals surface area contributed by atoms with E-state index in [1.54, 1.807) is 24.5 Å². The Morgan fingerprint density at radius 2 is 2.21 bits per heavy atom. The lowest BCUT2D eigenvalue weighted by molar-refractivity contribution is -0.385. The van der Waals surface area contributed by atoms with E-state index >= 15 is 0 Å². The molecule has 1 aliphatic heterocycles. The molecule has 0 fully saturated rings. The van der Waals surface area contributed by atoms with Crippen molar-refractivity contribution in [3.63, 3.8) is 0 Å². The fourth-order valence-electron chi connectivity index (χ4n) is 3.58. The zero-order valence-corrected chi connectivity index (χ0v) is 15.5. The molecule has 0 saturated carbocycles. The maximum Gasteiger partial charge on any atom is 0.272 e. The van der Waals surface area contributed by atoms with Crippen molar-refractivity contribution >= 4 is 5.69 Å². The van der Waals surface area contributed by atoms with Crippen LogP contribution in [0, 0.1) is 10.1 Å². The summed E-state index contributed by atoms with van der Waals surface area (Å²) in [6.45, 7) is 3.63. The Morgan fingerprint density at radius 1 is 1.36 bits per heavy atom. The first-order valence-corrected chi connectivity index (χ1v) is 9.19. The number of nitro groups is 1. The van der Waals surface area contributed by atoms with Gasteiger partial charge in [-0.25, -0.2) is 4.98 Å². The van der Waals surface area contributed by atoms with E-state index in [0.29, 0.717) is 43.1 Å². The molecule has 0 aliphatic carbocycles. The lowest BCUT2D eigenvalue weighted by Crippen LogP contribution is -2.35. The fourth-order valence-corrected chi connectivity index (χ4v) is 3.58. The van der Waals surface area contributed by atoms with Crippen LogP contribution in [0.3, 0.4) is 0 Å². The monoisotopic (exact) mass is 380 g/mol. The molecule has 0 saturated heterocycles. The zero-order valence-electron chi connectivity index (χ0n) is 15.5. The third kappa shape index (κ3) is 3.46. The van der Waals surface area contributed by atoms with Crippen molar-refractivity contribution in [1.29, 1.82) is 0 Å². The summed E-state index contributed by atoms with van der Waals surface area (Å²) in [7, 11) is 0. The van der Waals surface area contributed by atoms with Gasteiger partial charge in [-0.05, 0) is 24.1 Å². The van der Waals surface area contributed by atoms with Gasteiger partial charge in [0.2, 0.25) is 0 Å². The second-order valence-corrected chi connectivity index (χ2v) is 6.85. The van der Waals surface area contributed by atoms with Gasteiger partial charge in [-0.1, -0.05) is 19.1 Å². The number of rotatable bonds is 5. The van der Waals surface area contributed by atoms with Crippen molar-refractivity contribution in [1.82, 2.24) is 14.9 Å². The predicted molar refractivity (Wildman–Crippen MR) is 103 cm³/mol. The average molecular weight is 380 g/mol. The number of furan rings is 1. The van der Waals surface area contributed by atoms with Crippen molar-refractivity contribution in [3.05, 3.63) is 79.4 Å². The van der Waals surface area contributed by atoms with E-state index in [0.717, 1.165) is 23.4 Å². The summed E-state index contributed by atoms with van der Waals surface area (Å²) in [5, 5.41) is 11.3. The number of aromatic nitrogens is 2. The van der Waals surface area contributed by atoms with Crippen LogP contribution in [0.1, 0.15) is 29.3 Å². The number of nitrogens with one attached hydrogen (secondary N) is 1. The molecular formula is C20H20N4O4. The SMILES string of the molecule is CCc1ccc(CN2CCc3nc(-c4ccco4)[nH]c(=O)c3C2)cc1[N+](=O)[O-]. The molecule has 0 spiro atoms. The number of aromatic amines is 1. The minimum Gasteiger partial charge on any atom is -0.461 e. The molecule has 0 unspecified atom stereocenters. The summed E-state index contributed by atoms with van der Waals surface area (Å²) in [6, 6.07) is 8.88. The van der Waals surface area contributed by atoms with Crippen LogP contribution in [0.5, 0.6) is 0 Å². The van der Waals surface area contributed by atoms with Crippen LogP contribution in [0.25, 0.3) is 11.6 Å². The smallest absolute Gasteiger partial charge is 0.272 e. The van der Waals surface area contributed by atoms with Crippen LogP contribution in [0.4, 0.5) is 5.69 Å². The molecule has 0 atom stereocenters. The second-order valence-electron chi connectivity index (χ2n) is 6.85. The van der Waals surface area contributed by atoms with Gasteiger partial charge < -0.3 is 9.40 Å². The summed E-state index contributed by atoms with van der Waals surface area (Å²) in [5.41, 5.74) is 2.99. The first kappa shape index (κ1) is 18.1. The normalized spacial score (nSPS) is 14.0. The van der Waals surface area contributed by atoms with Crippen molar-refractivity contribution < 1.29 is 9.34 Å². The molecule has 144 valence electrons. The average Bonchev–Trinajstić information content (AvgIpc) is 3.23. The summed E-state index contributed by atoms with van der Waals surface area (Å²) < 4.78 is 5.32. The van der Waals surface area contributed by atoms with Gasteiger partial charge in [-0.3, -0.25) is 19.8 Å². The van der Waals surface area contributed by atoms with Crippen LogP contribution < -0.4 is 5.56 Å². The molecule has 0 amide bonds. The highest BCUT2D eigenvalue weighted by atomic mass is 16.6. The Labute approximate surface area is 161 Å². The van der Waals surface area contributed by atoms with Crippen LogP contribution >= 0.6 is 0 Å². The van der Waals surface area contributed by atoms with Gasteiger partial charge in [-0.15, -0.1) is 0 Å². The lowest BCUT2D eigenvalue weighted by Gasteiger charge is -2.27. The van der Waals surface area contributed by atoms with Crippen LogP contribution in [0.2, 0.25) is 0 Å². The first-order valence-electron chi connectivity index (χ1n) is 9.19. The van der Waals surface area contributed by atoms with E-state index in [-0.39, 0.29) is 16.2 Å². The standard InChI is InChI=1S/C20H20N4O4/c1-2-14-6-5-13(10-17(14)24(26)27)11-23-8-7-16-15(12-23)20(25)22-19(21-16)18-4-3-9-28-18/h3-6,9-10H,2,7-8,11-12H2,1H3,(H,21,22,25). The summed E-state index contributed by atoms with van der Waals surface area (Å²) in [4.78, 5) is 33.0. The Bertz CT molecular complexity index is 1070. The minimum atomic E-state index is -0.335. The highest BCUT2D eigenvalue weighted by Crippen LogP contribution is 2.24. The van der Waals surface area contributed by atoms with E-state index in [1.165, 1.54) is 0 Å². The number of fused-ring (bicyclic) bond motifs is 1. The van der Waals surface area contributed by atoms with Crippen molar-refractivity contribution in [3.8, 4) is 11.6 Å². The maximum atomic E-state index is 12.6. The molecule has 4 rings (SSSR count). The number of nitrogens with zero attached hydrogens (tertiary/aromatic N) is 3. The number of hydrogen-bond acceptors (Lipinski definition) is 6. The fraction of sp³-hybridized carbons (Fsp3) is 0.300. The van der Waals surface area contributed by atoms with Gasteiger partial charge in [-0.2, -0.15) is 0 Å². The molecule has 8 heteroatoms. The summed E-state index contributed by atoms with van der Waals surface area (Å²) >= 11 is 0. The van der Waals surface area contributed by atoms with Gasteiger partial charge in [0.05, 0.1) is 22.4 Å². The van der Waals surface area contributed by atoms with Gasteiger partial charge in [0.15, 0.2) is 11.6 Å². The van der Waals surface area contributed by atoms with E-state index < -0.39 is 0 Å². The maximum absolute atomic E-state index is 12.6. The molecule has 0 bridgehead atoms. The summed E-state index contributed by atoms with van der Waals surface area (Å²) in [5.74, 6) is 0.971. The van der Waals surface area contributed by atoms with E-state index in [9.17, 15) is 14.9 Å². The zero-order chi connectivity index (χ0) is 19.7. The molecule has 0 radical (unpaired) electrons. The van der Waals surface area contributed by atoms with E-state index in [4.69, 9.17) is 4.42 Å². The predicted octanol–water partition coefficient (Wildman–Crippen LogP) is 3.06. The third-order valence-electron chi connectivity index (χ3n) is 5.04. The quantitative estimate of drug-likeness (QED) is 0.539. The molecule has 1 N–H and O–H groups in total. The topological polar surface area (TPSA) is 105 Å². The summed E-state index contributed by atoms with van der Waals surface area (Å²) in [6.07, 6.45) is 2.80. The van der Waals surface area contributed by atoms with Crippen molar-refractivity contribution in [2.45, 2.75) is 32.9 Å². The molecule has 3 heterocycles. The molecule has 3 aromatic rings. The number of benzene rings is 1.